The number of halogens is 4. The van der Waals surface area contributed by atoms with Crippen LogP contribution in [0.1, 0.15) is 65.0 Å². The molecule has 1 aliphatic rings. The molecule has 0 bridgehead atoms. The first kappa shape index (κ1) is 35.2. The van der Waals surface area contributed by atoms with Gasteiger partial charge in [-0.05, 0) is 106 Å². The highest BCUT2D eigenvalue weighted by Gasteiger charge is 2.41. The van der Waals surface area contributed by atoms with Gasteiger partial charge in [0.15, 0.2) is 5.65 Å². The number of benzene rings is 2. The molecule has 13 heteroatoms. The molecule has 0 saturated carbocycles. The van der Waals surface area contributed by atoms with E-state index in [4.69, 9.17) is 0 Å². The lowest BCUT2D eigenvalue weighted by molar-refractivity contribution is -0.185. The molecule has 0 aliphatic carbocycles. The summed E-state index contributed by atoms with van der Waals surface area (Å²) in [6.07, 6.45) is 2.82. The van der Waals surface area contributed by atoms with Crippen LogP contribution in [-0.2, 0) is 19.0 Å². The molecule has 51 heavy (non-hydrogen) atoms. The monoisotopic (exact) mass is 696 g/mol. The molecule has 1 fully saturated rings. The van der Waals surface area contributed by atoms with Gasteiger partial charge in [0.05, 0.1) is 46.7 Å². The fourth-order valence-electron chi connectivity index (χ4n) is 6.11. The molecule has 1 saturated heterocycles. The predicted molar refractivity (Wildman–Crippen MR) is 186 cm³/mol. The average molecular weight is 697 g/mol. The first-order valence-electron chi connectivity index (χ1n) is 16.4. The Hall–Kier alpha value is -5.66. The maximum Gasteiger partial charge on any atom is 0.391 e. The molecule has 4 heterocycles. The Morgan fingerprint density at radius 3 is 2.51 bits per heavy atom. The Kier molecular flexibility index (Phi) is 9.60. The SMILES string of the molecule is Cc1cc(F)c(C(=O)Nc2cc(CN3CCC(C(F)(F)F)CC3)cc(C(C)(C)C#N)c2)cc1C#Cc1cnc2c(Nc3cnn(C)c3)cccn12. The standard InChI is InChI=1S/C38H36F4N8O/c1-24-14-33(39)32(17-26(24)7-8-31-20-44-35-34(6-5-11-50(31)35)46-30-19-45-48(4)22-30)36(51)47-29-16-25(15-28(18-29)37(2,3)23-43)21-49-12-9-27(10-13-49)38(40,41)42/h5-6,11,14-20,22,27,46H,9-10,12-13,21H2,1-4H3,(H,47,51). The number of pyridine rings is 1. The van der Waals surface area contributed by atoms with Gasteiger partial charge in [0.25, 0.3) is 5.91 Å². The number of nitrogens with one attached hydrogen (secondary N) is 2. The number of carbonyl (C=O) groups is 1. The third kappa shape index (κ3) is 7.89. The summed E-state index contributed by atoms with van der Waals surface area (Å²) in [5.74, 6) is 3.41. The van der Waals surface area contributed by atoms with E-state index in [1.54, 1.807) is 50.0 Å². The van der Waals surface area contributed by atoms with E-state index in [1.165, 1.54) is 12.1 Å². The number of alkyl halides is 3. The number of carbonyl (C=O) groups excluding carboxylic acids is 1. The van der Waals surface area contributed by atoms with Gasteiger partial charge in [0.2, 0.25) is 0 Å². The first-order chi connectivity index (χ1) is 24.2. The van der Waals surface area contributed by atoms with Gasteiger partial charge in [0, 0.05) is 37.2 Å². The third-order valence-electron chi connectivity index (χ3n) is 9.11. The van der Waals surface area contributed by atoms with E-state index in [2.05, 4.69) is 38.6 Å². The zero-order chi connectivity index (χ0) is 36.5. The minimum atomic E-state index is -4.21. The summed E-state index contributed by atoms with van der Waals surface area (Å²) >= 11 is 0. The number of hydrogen-bond donors (Lipinski definition) is 2. The molecule has 0 unspecified atom stereocenters. The normalized spacial score (nSPS) is 14.2. The number of aromatic nitrogens is 4. The highest BCUT2D eigenvalue weighted by Crippen LogP contribution is 2.35. The molecule has 0 atom stereocenters. The van der Waals surface area contributed by atoms with Crippen LogP contribution in [0, 0.1) is 41.8 Å². The van der Waals surface area contributed by atoms with Crippen molar-refractivity contribution in [3.8, 4) is 17.9 Å². The van der Waals surface area contributed by atoms with Gasteiger partial charge in [-0.2, -0.15) is 23.5 Å². The molecule has 5 aromatic rings. The lowest BCUT2D eigenvalue weighted by Crippen LogP contribution is -2.38. The van der Waals surface area contributed by atoms with Gasteiger partial charge >= 0.3 is 6.18 Å². The van der Waals surface area contributed by atoms with Gasteiger partial charge in [-0.15, -0.1) is 0 Å². The molecule has 2 N–H and O–H groups in total. The van der Waals surface area contributed by atoms with Crippen LogP contribution in [0.25, 0.3) is 5.65 Å². The van der Waals surface area contributed by atoms with Crippen molar-refractivity contribution >= 4 is 28.6 Å². The lowest BCUT2D eigenvalue weighted by Gasteiger charge is -2.33. The Morgan fingerprint density at radius 2 is 1.82 bits per heavy atom. The van der Waals surface area contributed by atoms with Crippen molar-refractivity contribution in [1.82, 2.24) is 24.1 Å². The summed E-state index contributed by atoms with van der Waals surface area (Å²) in [5.41, 5.74) is 4.32. The van der Waals surface area contributed by atoms with Crippen molar-refractivity contribution < 1.29 is 22.4 Å². The van der Waals surface area contributed by atoms with Gasteiger partial charge in [0.1, 0.15) is 11.5 Å². The minimum Gasteiger partial charge on any atom is -0.350 e. The van der Waals surface area contributed by atoms with Crippen molar-refractivity contribution in [1.29, 1.82) is 5.26 Å². The van der Waals surface area contributed by atoms with E-state index in [0.717, 1.165) is 16.9 Å². The number of piperidine rings is 1. The minimum absolute atomic E-state index is 0.00999. The van der Waals surface area contributed by atoms with E-state index in [1.807, 2.05) is 46.9 Å². The van der Waals surface area contributed by atoms with Crippen LogP contribution in [-0.4, -0.2) is 49.2 Å². The van der Waals surface area contributed by atoms with Crippen molar-refractivity contribution in [3.05, 3.63) is 107 Å². The Labute approximate surface area is 292 Å². The van der Waals surface area contributed by atoms with E-state index in [-0.39, 0.29) is 31.5 Å². The first-order valence-corrected chi connectivity index (χ1v) is 16.4. The fourth-order valence-corrected chi connectivity index (χ4v) is 6.11. The molecule has 1 aliphatic heterocycles. The van der Waals surface area contributed by atoms with Crippen LogP contribution >= 0.6 is 0 Å². The lowest BCUT2D eigenvalue weighted by atomic mass is 9.85. The van der Waals surface area contributed by atoms with Crippen LogP contribution in [0.3, 0.4) is 0 Å². The molecule has 1 amide bonds. The second-order valence-corrected chi connectivity index (χ2v) is 13.4. The molecular weight excluding hydrogens is 660 g/mol. The van der Waals surface area contributed by atoms with Crippen molar-refractivity contribution in [3.63, 3.8) is 0 Å². The van der Waals surface area contributed by atoms with Gasteiger partial charge < -0.3 is 10.6 Å². The molecule has 6 rings (SSSR count). The van der Waals surface area contributed by atoms with Crippen LogP contribution in [0.5, 0.6) is 0 Å². The number of nitrogens with zero attached hydrogens (tertiary/aromatic N) is 6. The topological polar surface area (TPSA) is 103 Å². The number of rotatable bonds is 7. The summed E-state index contributed by atoms with van der Waals surface area (Å²) < 4.78 is 58.4. The zero-order valence-corrected chi connectivity index (χ0v) is 28.6. The number of nitriles is 1. The molecule has 3 aromatic heterocycles. The summed E-state index contributed by atoms with van der Waals surface area (Å²) in [5, 5.41) is 20.1. The average Bonchev–Trinajstić information content (AvgIpc) is 3.70. The number of amides is 1. The molecule has 0 radical (unpaired) electrons. The van der Waals surface area contributed by atoms with E-state index < -0.39 is 29.2 Å². The van der Waals surface area contributed by atoms with E-state index in [0.29, 0.717) is 40.3 Å². The maximum atomic E-state index is 15.3. The molecular formula is C38H36F4N8O. The van der Waals surface area contributed by atoms with Crippen LogP contribution < -0.4 is 10.6 Å². The Bertz CT molecular complexity index is 2210. The van der Waals surface area contributed by atoms with Gasteiger partial charge in [-0.1, -0.05) is 12.0 Å². The van der Waals surface area contributed by atoms with Crippen molar-refractivity contribution in [2.45, 2.75) is 51.7 Å². The van der Waals surface area contributed by atoms with Crippen LogP contribution in [0.2, 0.25) is 0 Å². The second-order valence-electron chi connectivity index (χ2n) is 13.4. The van der Waals surface area contributed by atoms with Gasteiger partial charge in [-0.3, -0.25) is 18.8 Å². The van der Waals surface area contributed by atoms with Crippen molar-refractivity contribution in [2.24, 2.45) is 13.0 Å². The zero-order valence-electron chi connectivity index (χ0n) is 28.6. The molecule has 9 nitrogen and oxygen atoms in total. The number of anilines is 3. The molecule has 0 spiro atoms. The number of imidazole rings is 1. The quantitative estimate of drug-likeness (QED) is 0.135. The highest BCUT2D eigenvalue weighted by molar-refractivity contribution is 6.05. The summed E-state index contributed by atoms with van der Waals surface area (Å²) in [7, 11) is 1.83. The maximum absolute atomic E-state index is 15.3. The highest BCUT2D eigenvalue weighted by atomic mass is 19.4. The smallest absolute Gasteiger partial charge is 0.350 e. The number of fused-ring (bicyclic) bond motifs is 1. The number of likely N-dealkylation sites (tertiary alicyclic amines) is 1. The largest absolute Gasteiger partial charge is 0.391 e. The Morgan fingerprint density at radius 1 is 1.06 bits per heavy atom. The summed E-state index contributed by atoms with van der Waals surface area (Å²) in [6, 6.07) is 13.9. The van der Waals surface area contributed by atoms with Crippen LogP contribution in [0.15, 0.2) is 67.3 Å². The third-order valence-corrected chi connectivity index (χ3v) is 9.11. The van der Waals surface area contributed by atoms with E-state index in [9.17, 15) is 23.2 Å². The predicted octanol–water partition coefficient (Wildman–Crippen LogP) is 7.49. The van der Waals surface area contributed by atoms with E-state index >= 15 is 4.39 Å². The molecule has 2 aromatic carbocycles. The second kappa shape index (κ2) is 13.9. The number of hydrogen-bond acceptors (Lipinski definition) is 6. The Balaban J connectivity index is 1.24. The fraction of sp³-hybridized carbons (Fsp3) is 0.316. The van der Waals surface area contributed by atoms with Crippen molar-refractivity contribution in [2.75, 3.05) is 23.7 Å². The van der Waals surface area contributed by atoms with Crippen LogP contribution in [0.4, 0.5) is 34.6 Å². The number of aryl methyl sites for hydroxylation is 2. The molecule has 262 valence electrons. The van der Waals surface area contributed by atoms with Gasteiger partial charge in [-0.25, -0.2) is 9.37 Å². The summed E-state index contributed by atoms with van der Waals surface area (Å²) in [4.78, 5) is 20.0. The summed E-state index contributed by atoms with van der Waals surface area (Å²) in [6.45, 7) is 6.06.